The molecule has 0 N–H and O–H groups in total. The van der Waals surface area contributed by atoms with Crippen molar-refractivity contribution in [1.29, 1.82) is 0 Å². The molecule has 1 aromatic heterocycles. The Hall–Kier alpha value is 0.0795. The maximum Gasteiger partial charge on any atom is 1.00 e. The molecule has 0 aliphatic rings. The average molecular weight is 149 g/mol. The molecule has 2 nitrogen and oxygen atoms in total. The van der Waals surface area contributed by atoms with Gasteiger partial charge < -0.3 is 4.98 Å². The SMILES string of the molecule is [Cu+].[c-]1ncns1. The zero-order valence-corrected chi connectivity index (χ0v) is 4.44. The van der Waals surface area contributed by atoms with E-state index in [0.29, 0.717) is 0 Å². The standard InChI is InChI=1S/C2HN2S.Cu/c1-3-2-5-4-1;/h1H;/q-1;+1. The van der Waals surface area contributed by atoms with Crippen molar-refractivity contribution in [3.63, 3.8) is 0 Å². The third kappa shape index (κ3) is 1.50. The third-order valence-electron chi connectivity index (χ3n) is 0.251. The normalized spacial score (nSPS) is 6.67. The van der Waals surface area contributed by atoms with Crippen LogP contribution < -0.4 is 0 Å². The maximum absolute atomic E-state index is 3.60. The first-order valence-corrected chi connectivity index (χ1v) is 1.90. The van der Waals surface area contributed by atoms with Crippen LogP contribution >= 0.6 is 11.5 Å². The van der Waals surface area contributed by atoms with Gasteiger partial charge in [0, 0.05) is 0 Å². The Labute approximate surface area is 50.2 Å². The van der Waals surface area contributed by atoms with Crippen LogP contribution in [0.2, 0.25) is 0 Å². The Morgan fingerprint density at radius 3 is 2.67 bits per heavy atom. The van der Waals surface area contributed by atoms with Crippen LogP contribution in [0.1, 0.15) is 0 Å². The molecule has 1 rings (SSSR count). The number of aromatic nitrogens is 2. The van der Waals surface area contributed by atoms with Gasteiger partial charge in [-0.3, -0.25) is 4.37 Å². The number of hydrogen-bond acceptors (Lipinski definition) is 3. The molecular weight excluding hydrogens is 148 g/mol. The van der Waals surface area contributed by atoms with E-state index in [-0.39, 0.29) is 17.1 Å². The van der Waals surface area contributed by atoms with Crippen LogP contribution in [0.5, 0.6) is 0 Å². The van der Waals surface area contributed by atoms with Gasteiger partial charge in [-0.25, -0.2) is 0 Å². The number of rotatable bonds is 0. The van der Waals surface area contributed by atoms with Crippen molar-refractivity contribution in [1.82, 2.24) is 9.36 Å². The summed E-state index contributed by atoms with van der Waals surface area (Å²) in [4.78, 5) is 3.50. The topological polar surface area (TPSA) is 25.8 Å². The van der Waals surface area contributed by atoms with Crippen molar-refractivity contribution in [2.75, 3.05) is 0 Å². The largest absolute Gasteiger partial charge is 1.00 e. The molecule has 0 bridgehead atoms. The van der Waals surface area contributed by atoms with Crippen LogP contribution in [0.15, 0.2) is 6.33 Å². The van der Waals surface area contributed by atoms with Gasteiger partial charge in [0.2, 0.25) is 0 Å². The molecule has 4 heteroatoms. The number of hydrogen-bond donors (Lipinski definition) is 0. The Morgan fingerprint density at radius 2 is 2.50 bits per heavy atom. The van der Waals surface area contributed by atoms with Crippen molar-refractivity contribution < 1.29 is 17.1 Å². The van der Waals surface area contributed by atoms with Gasteiger partial charge in [0.15, 0.2) is 0 Å². The first-order valence-electron chi connectivity index (χ1n) is 1.13. The molecule has 0 fully saturated rings. The summed E-state index contributed by atoms with van der Waals surface area (Å²) >= 11 is 1.23. The van der Waals surface area contributed by atoms with E-state index in [4.69, 9.17) is 0 Å². The summed E-state index contributed by atoms with van der Waals surface area (Å²) in [5, 5.41) is 0. The summed E-state index contributed by atoms with van der Waals surface area (Å²) in [7, 11) is 0. The fourth-order valence-electron chi connectivity index (χ4n) is 0.118. The Bertz CT molecular complexity index is 68.0. The van der Waals surface area contributed by atoms with Crippen molar-refractivity contribution in [2.24, 2.45) is 0 Å². The smallest absolute Gasteiger partial charge is 0.429 e. The maximum atomic E-state index is 3.60. The Morgan fingerprint density at radius 1 is 1.67 bits per heavy atom. The van der Waals surface area contributed by atoms with E-state index >= 15 is 0 Å². The Kier molecular flexibility index (Phi) is 3.32. The second-order valence-corrected chi connectivity index (χ2v) is 1.11. The molecule has 0 radical (unpaired) electrons. The molecule has 0 aromatic carbocycles. The summed E-state index contributed by atoms with van der Waals surface area (Å²) in [6.45, 7) is 0. The van der Waals surface area contributed by atoms with Crippen LogP contribution in [0.3, 0.4) is 0 Å². The molecule has 0 spiro atoms. The fourth-order valence-corrected chi connectivity index (χ4v) is 0.354. The second kappa shape index (κ2) is 3.28. The molecule has 0 aliphatic heterocycles. The van der Waals surface area contributed by atoms with E-state index in [1.165, 1.54) is 17.9 Å². The molecular formula is C2HCuN2S. The summed E-state index contributed by atoms with van der Waals surface area (Å²) in [5.41, 5.74) is 2.54. The van der Waals surface area contributed by atoms with Crippen molar-refractivity contribution >= 4 is 11.5 Å². The molecule has 6 heavy (non-hydrogen) atoms. The minimum Gasteiger partial charge on any atom is -0.429 e. The molecule has 0 aliphatic carbocycles. The number of nitrogens with zero attached hydrogens (tertiary/aromatic N) is 2. The zero-order valence-electron chi connectivity index (χ0n) is 2.68. The first kappa shape index (κ1) is 6.08. The quantitative estimate of drug-likeness (QED) is 0.392. The average Bonchev–Trinajstić information content (AvgIpc) is 1.76. The zero-order chi connectivity index (χ0) is 3.54. The van der Waals surface area contributed by atoms with E-state index in [2.05, 4.69) is 14.9 Å². The van der Waals surface area contributed by atoms with Gasteiger partial charge in [0.05, 0.1) is 0 Å². The summed E-state index contributed by atoms with van der Waals surface area (Å²) in [6.07, 6.45) is 1.46. The molecule has 36 valence electrons. The van der Waals surface area contributed by atoms with Gasteiger partial charge in [-0.05, 0) is 6.33 Å². The van der Waals surface area contributed by atoms with Crippen molar-refractivity contribution in [3.8, 4) is 0 Å². The fraction of sp³-hybridized carbons (Fsp3) is 0. The molecule has 1 aromatic rings. The predicted molar refractivity (Wildman–Crippen MR) is 18.7 cm³/mol. The van der Waals surface area contributed by atoms with Gasteiger partial charge >= 0.3 is 17.1 Å². The van der Waals surface area contributed by atoms with E-state index in [1.54, 1.807) is 0 Å². The van der Waals surface area contributed by atoms with Crippen LogP contribution in [0.4, 0.5) is 0 Å². The molecule has 0 unspecified atom stereocenters. The van der Waals surface area contributed by atoms with Crippen LogP contribution in [-0.4, -0.2) is 9.36 Å². The summed E-state index contributed by atoms with van der Waals surface area (Å²) in [5.74, 6) is 0. The molecule has 0 amide bonds. The minimum absolute atomic E-state index is 0. The summed E-state index contributed by atoms with van der Waals surface area (Å²) in [6, 6.07) is 0. The summed E-state index contributed by atoms with van der Waals surface area (Å²) < 4.78 is 3.60. The third-order valence-corrected chi connectivity index (χ3v) is 0.638. The van der Waals surface area contributed by atoms with Gasteiger partial charge in [-0.1, -0.05) is 5.51 Å². The predicted octanol–water partition coefficient (Wildman–Crippen LogP) is 0.336. The van der Waals surface area contributed by atoms with Crippen molar-refractivity contribution in [3.05, 3.63) is 11.8 Å². The molecule has 0 saturated carbocycles. The van der Waals surface area contributed by atoms with E-state index in [9.17, 15) is 0 Å². The molecule has 0 saturated heterocycles. The van der Waals surface area contributed by atoms with Gasteiger partial charge in [-0.2, -0.15) is 11.5 Å². The van der Waals surface area contributed by atoms with Crippen LogP contribution in [-0.2, 0) is 17.1 Å². The van der Waals surface area contributed by atoms with E-state index in [0.717, 1.165) is 0 Å². The molecule has 1 heterocycles. The van der Waals surface area contributed by atoms with Gasteiger partial charge in [-0.15, -0.1) is 0 Å². The Balaban J connectivity index is 0.000000250. The second-order valence-electron chi connectivity index (χ2n) is 0.533. The monoisotopic (exact) mass is 148 g/mol. The first-order chi connectivity index (χ1) is 2.50. The van der Waals surface area contributed by atoms with E-state index < -0.39 is 0 Å². The van der Waals surface area contributed by atoms with Crippen LogP contribution in [0.25, 0.3) is 0 Å². The minimum atomic E-state index is 0. The van der Waals surface area contributed by atoms with Gasteiger partial charge in [0.25, 0.3) is 0 Å². The van der Waals surface area contributed by atoms with Crippen molar-refractivity contribution in [2.45, 2.75) is 0 Å². The van der Waals surface area contributed by atoms with Gasteiger partial charge in [0.1, 0.15) is 0 Å². The molecule has 0 atom stereocenters. The van der Waals surface area contributed by atoms with E-state index in [1.807, 2.05) is 0 Å². The van der Waals surface area contributed by atoms with Crippen LogP contribution in [0, 0.1) is 5.51 Å².